The van der Waals surface area contributed by atoms with Gasteiger partial charge in [0.15, 0.2) is 0 Å². The van der Waals surface area contributed by atoms with Crippen LogP contribution in [0.25, 0.3) is 10.9 Å². The third-order valence-electron chi connectivity index (χ3n) is 3.78. The number of aromatic amines is 1. The highest BCUT2D eigenvalue weighted by atomic mass is 35.5. The summed E-state index contributed by atoms with van der Waals surface area (Å²) >= 11 is 0. The van der Waals surface area contributed by atoms with E-state index >= 15 is 0 Å². The van der Waals surface area contributed by atoms with Gasteiger partial charge in [-0.15, -0.1) is 12.4 Å². The number of aromatic nitrogens is 1. The zero-order chi connectivity index (χ0) is 15.0. The predicted molar refractivity (Wildman–Crippen MR) is 84.8 cm³/mol. The molecular weight excluding hydrogens is 309 g/mol. The quantitative estimate of drug-likeness (QED) is 0.797. The van der Waals surface area contributed by atoms with Crippen molar-refractivity contribution < 1.29 is 9.18 Å². The average molecular weight is 326 g/mol. The number of carbonyl (C=O) groups is 1. The number of nitrogens with two attached hydrogens (primary N) is 1. The van der Waals surface area contributed by atoms with Crippen LogP contribution in [0, 0.1) is 11.7 Å². The largest absolute Gasteiger partial charge is 0.350 e. The summed E-state index contributed by atoms with van der Waals surface area (Å²) in [6, 6.07) is 5.03. The van der Waals surface area contributed by atoms with Gasteiger partial charge in [-0.1, -0.05) is 0 Å². The number of H-pyrrole nitrogens is 1. The summed E-state index contributed by atoms with van der Waals surface area (Å²) < 4.78 is 13.4. The van der Waals surface area contributed by atoms with Crippen molar-refractivity contribution >= 4 is 29.2 Å². The Bertz CT molecular complexity index is 758. The van der Waals surface area contributed by atoms with Gasteiger partial charge in [-0.05, 0) is 37.0 Å². The fourth-order valence-electron chi connectivity index (χ4n) is 2.41. The molecule has 4 N–H and O–H groups in total. The minimum Gasteiger partial charge on any atom is -0.350 e. The van der Waals surface area contributed by atoms with E-state index in [-0.39, 0.29) is 24.0 Å². The van der Waals surface area contributed by atoms with Crippen molar-refractivity contribution in [3.8, 4) is 0 Å². The van der Waals surface area contributed by atoms with Gasteiger partial charge in [0.2, 0.25) is 5.56 Å². The van der Waals surface area contributed by atoms with Crippen molar-refractivity contribution in [3.05, 3.63) is 46.0 Å². The molecule has 0 saturated heterocycles. The maximum Gasteiger partial charge on any atom is 0.252 e. The molecule has 0 bridgehead atoms. The third kappa shape index (κ3) is 3.45. The number of benzene rings is 1. The Morgan fingerprint density at radius 3 is 2.82 bits per heavy atom. The molecule has 0 aliphatic heterocycles. The van der Waals surface area contributed by atoms with Crippen molar-refractivity contribution in [1.82, 2.24) is 10.3 Å². The standard InChI is InChI=1S/C15H16FN3O2.ClH/c16-9-3-4-13-10(5-9)11(6-14(20)19-13)15(21)18-7-12(17)8-1-2-8;/h3-6,8,12H,1-2,7,17H2,(H,18,21)(H,19,20);1H. The highest BCUT2D eigenvalue weighted by Crippen LogP contribution is 2.31. The lowest BCUT2D eigenvalue weighted by molar-refractivity contribution is 0.0952. The Kier molecular flexibility index (Phi) is 4.83. The SMILES string of the molecule is Cl.NC(CNC(=O)c1cc(=O)[nH]c2ccc(F)cc12)C1CC1. The summed E-state index contributed by atoms with van der Waals surface area (Å²) in [6.07, 6.45) is 2.19. The summed E-state index contributed by atoms with van der Waals surface area (Å²) in [5.41, 5.74) is 6.13. The fraction of sp³-hybridized carbons (Fsp3) is 0.333. The summed E-state index contributed by atoms with van der Waals surface area (Å²) in [5.74, 6) is -0.398. The van der Waals surface area contributed by atoms with E-state index in [1.165, 1.54) is 24.3 Å². The van der Waals surface area contributed by atoms with Crippen LogP contribution in [0.5, 0.6) is 0 Å². The number of amides is 1. The molecule has 1 aromatic heterocycles. The molecule has 1 saturated carbocycles. The highest BCUT2D eigenvalue weighted by molar-refractivity contribution is 6.05. The monoisotopic (exact) mass is 325 g/mol. The summed E-state index contributed by atoms with van der Waals surface area (Å²) in [6.45, 7) is 0.354. The summed E-state index contributed by atoms with van der Waals surface area (Å²) in [4.78, 5) is 26.4. The number of carbonyl (C=O) groups excluding carboxylic acids is 1. The first-order chi connectivity index (χ1) is 10.0. The minimum absolute atomic E-state index is 0. The van der Waals surface area contributed by atoms with Gasteiger partial charge in [0, 0.05) is 29.6 Å². The molecule has 118 valence electrons. The lowest BCUT2D eigenvalue weighted by atomic mass is 10.1. The Labute approximate surface area is 132 Å². The van der Waals surface area contributed by atoms with Crippen molar-refractivity contribution in [2.75, 3.05) is 6.54 Å². The van der Waals surface area contributed by atoms with Crippen LogP contribution in [0.3, 0.4) is 0 Å². The number of fused-ring (bicyclic) bond motifs is 1. The van der Waals surface area contributed by atoms with E-state index < -0.39 is 17.3 Å². The maximum absolute atomic E-state index is 13.4. The second kappa shape index (κ2) is 6.46. The van der Waals surface area contributed by atoms with E-state index in [2.05, 4.69) is 10.3 Å². The van der Waals surface area contributed by atoms with Gasteiger partial charge in [-0.2, -0.15) is 0 Å². The molecule has 7 heteroatoms. The lowest BCUT2D eigenvalue weighted by Gasteiger charge is -2.12. The van der Waals surface area contributed by atoms with Gasteiger partial charge in [-0.3, -0.25) is 9.59 Å². The normalized spacial score (nSPS) is 15.2. The van der Waals surface area contributed by atoms with Crippen LogP contribution >= 0.6 is 12.4 Å². The summed E-state index contributed by atoms with van der Waals surface area (Å²) in [7, 11) is 0. The molecular formula is C15H17ClFN3O2. The number of hydrogen-bond acceptors (Lipinski definition) is 3. The van der Waals surface area contributed by atoms with Crippen molar-refractivity contribution in [2.45, 2.75) is 18.9 Å². The lowest BCUT2D eigenvalue weighted by Crippen LogP contribution is -2.38. The van der Waals surface area contributed by atoms with Crippen molar-refractivity contribution in [3.63, 3.8) is 0 Å². The molecule has 1 atom stereocenters. The highest BCUT2D eigenvalue weighted by Gasteiger charge is 2.28. The van der Waals surface area contributed by atoms with Crippen LogP contribution < -0.4 is 16.6 Å². The van der Waals surface area contributed by atoms with Crippen LogP contribution in [0.15, 0.2) is 29.1 Å². The number of nitrogens with one attached hydrogen (secondary N) is 2. The smallest absolute Gasteiger partial charge is 0.252 e. The fourth-order valence-corrected chi connectivity index (χ4v) is 2.41. The molecule has 1 aromatic carbocycles. The van der Waals surface area contributed by atoms with Crippen LogP contribution in [0.4, 0.5) is 4.39 Å². The Balaban J connectivity index is 0.00000176. The Hall–Kier alpha value is -1.92. The topological polar surface area (TPSA) is 88.0 Å². The zero-order valence-electron chi connectivity index (χ0n) is 11.8. The number of pyridine rings is 1. The van der Waals surface area contributed by atoms with Gasteiger partial charge >= 0.3 is 0 Å². The molecule has 22 heavy (non-hydrogen) atoms. The van der Waals surface area contributed by atoms with E-state index in [1.807, 2.05) is 0 Å². The Morgan fingerprint density at radius 1 is 1.41 bits per heavy atom. The van der Waals surface area contributed by atoms with Gasteiger partial charge < -0.3 is 16.0 Å². The van der Waals surface area contributed by atoms with E-state index in [1.54, 1.807) is 0 Å². The van der Waals surface area contributed by atoms with E-state index in [9.17, 15) is 14.0 Å². The first-order valence-electron chi connectivity index (χ1n) is 6.91. The van der Waals surface area contributed by atoms with Crippen LogP contribution in [0.2, 0.25) is 0 Å². The second-order valence-corrected chi connectivity index (χ2v) is 5.45. The maximum atomic E-state index is 13.4. The first kappa shape index (κ1) is 16.5. The molecule has 1 aliphatic rings. The van der Waals surface area contributed by atoms with Gasteiger partial charge in [0.05, 0.1) is 5.56 Å². The first-order valence-corrected chi connectivity index (χ1v) is 6.91. The molecule has 3 rings (SSSR count). The molecule has 1 unspecified atom stereocenters. The molecule has 1 heterocycles. The molecule has 0 spiro atoms. The van der Waals surface area contributed by atoms with Gasteiger partial charge in [0.1, 0.15) is 5.82 Å². The molecule has 2 aromatic rings. The number of hydrogen-bond donors (Lipinski definition) is 3. The molecule has 5 nitrogen and oxygen atoms in total. The number of rotatable bonds is 4. The van der Waals surface area contributed by atoms with E-state index in [0.717, 1.165) is 12.8 Å². The van der Waals surface area contributed by atoms with E-state index in [4.69, 9.17) is 5.73 Å². The van der Waals surface area contributed by atoms with Crippen LogP contribution in [-0.2, 0) is 0 Å². The van der Waals surface area contributed by atoms with Gasteiger partial charge in [0.25, 0.3) is 5.91 Å². The van der Waals surface area contributed by atoms with Crippen LogP contribution in [0.1, 0.15) is 23.2 Å². The second-order valence-electron chi connectivity index (χ2n) is 5.45. The minimum atomic E-state index is -0.460. The van der Waals surface area contributed by atoms with Crippen molar-refractivity contribution in [2.24, 2.45) is 11.7 Å². The predicted octanol–water partition coefficient (Wildman–Crippen LogP) is 1.56. The van der Waals surface area contributed by atoms with Gasteiger partial charge in [-0.25, -0.2) is 4.39 Å². The summed E-state index contributed by atoms with van der Waals surface area (Å²) in [5, 5.41) is 3.10. The average Bonchev–Trinajstić information content (AvgIpc) is 3.28. The van der Waals surface area contributed by atoms with Crippen LogP contribution in [-0.4, -0.2) is 23.5 Å². The molecule has 1 fully saturated rings. The third-order valence-corrected chi connectivity index (χ3v) is 3.78. The zero-order valence-corrected chi connectivity index (χ0v) is 12.6. The Morgan fingerprint density at radius 2 is 2.14 bits per heavy atom. The number of halogens is 2. The molecule has 0 radical (unpaired) electrons. The van der Waals surface area contributed by atoms with E-state index in [0.29, 0.717) is 23.4 Å². The van der Waals surface area contributed by atoms with Crippen molar-refractivity contribution in [1.29, 1.82) is 0 Å². The molecule has 1 amide bonds. The molecule has 1 aliphatic carbocycles.